The van der Waals surface area contributed by atoms with Crippen LogP contribution in [0.2, 0.25) is 0 Å². The summed E-state index contributed by atoms with van der Waals surface area (Å²) in [6.07, 6.45) is -0.0706. The fraction of sp³-hybridized carbons (Fsp3) is 0.529. The molecule has 1 saturated heterocycles. The third-order valence-corrected chi connectivity index (χ3v) is 3.73. The molecule has 1 aliphatic heterocycles. The number of methoxy groups -OCH3 is 2. The second kappa shape index (κ2) is 8.01. The van der Waals surface area contributed by atoms with Crippen molar-refractivity contribution in [1.82, 2.24) is 4.90 Å². The lowest BCUT2D eigenvalue weighted by Gasteiger charge is -2.35. The van der Waals surface area contributed by atoms with Crippen molar-refractivity contribution in [3.05, 3.63) is 23.8 Å². The van der Waals surface area contributed by atoms with Gasteiger partial charge in [-0.1, -0.05) is 0 Å². The molecular formula is C17H23NO6. The Labute approximate surface area is 141 Å². The number of esters is 1. The first-order valence-electron chi connectivity index (χ1n) is 7.77. The van der Waals surface area contributed by atoms with Gasteiger partial charge in [0.1, 0.15) is 17.1 Å². The van der Waals surface area contributed by atoms with Crippen LogP contribution < -0.4 is 9.47 Å². The molecule has 0 radical (unpaired) electrons. The van der Waals surface area contributed by atoms with Gasteiger partial charge in [-0.15, -0.1) is 0 Å². The van der Waals surface area contributed by atoms with Crippen LogP contribution in [0, 0.1) is 0 Å². The average molecular weight is 337 g/mol. The predicted molar refractivity (Wildman–Crippen MR) is 86.4 cm³/mol. The van der Waals surface area contributed by atoms with E-state index < -0.39 is 5.97 Å². The van der Waals surface area contributed by atoms with Crippen molar-refractivity contribution in [3.63, 3.8) is 0 Å². The molecule has 0 spiro atoms. The van der Waals surface area contributed by atoms with E-state index in [1.54, 1.807) is 17.0 Å². The number of morpholine rings is 1. The average Bonchev–Trinajstić information content (AvgIpc) is 2.57. The Bertz CT molecular complexity index is 593. The lowest BCUT2D eigenvalue weighted by atomic mass is 10.2. The summed E-state index contributed by atoms with van der Waals surface area (Å²) in [6.45, 7) is 4.47. The highest BCUT2D eigenvalue weighted by atomic mass is 16.5. The topological polar surface area (TPSA) is 74.3 Å². The van der Waals surface area contributed by atoms with Gasteiger partial charge in [0.2, 0.25) is 0 Å². The van der Waals surface area contributed by atoms with Gasteiger partial charge in [-0.3, -0.25) is 4.79 Å². The van der Waals surface area contributed by atoms with E-state index in [-0.39, 0.29) is 30.3 Å². The second-order valence-electron chi connectivity index (χ2n) is 5.70. The first-order valence-corrected chi connectivity index (χ1v) is 7.77. The Morgan fingerprint density at radius 1 is 1.17 bits per heavy atom. The lowest BCUT2D eigenvalue weighted by Crippen LogP contribution is -2.49. The zero-order valence-corrected chi connectivity index (χ0v) is 14.4. The SMILES string of the molecule is COc1ccc(OC)c(C(=O)OCC(=O)N2C[C@@H](C)O[C@@H](C)C2)c1. The highest BCUT2D eigenvalue weighted by Crippen LogP contribution is 2.24. The van der Waals surface area contributed by atoms with E-state index in [1.807, 2.05) is 13.8 Å². The van der Waals surface area contributed by atoms with Crippen molar-refractivity contribution in [2.24, 2.45) is 0 Å². The highest BCUT2D eigenvalue weighted by molar-refractivity contribution is 5.94. The van der Waals surface area contributed by atoms with Gasteiger partial charge in [0.25, 0.3) is 5.91 Å². The van der Waals surface area contributed by atoms with Gasteiger partial charge in [0.15, 0.2) is 6.61 Å². The molecular weight excluding hydrogens is 314 g/mol. The van der Waals surface area contributed by atoms with E-state index in [0.29, 0.717) is 24.6 Å². The quantitative estimate of drug-likeness (QED) is 0.758. The monoisotopic (exact) mass is 337 g/mol. The molecule has 1 aromatic carbocycles. The molecule has 2 rings (SSSR count). The van der Waals surface area contributed by atoms with E-state index in [9.17, 15) is 9.59 Å². The molecule has 132 valence electrons. The fourth-order valence-electron chi connectivity index (χ4n) is 2.65. The van der Waals surface area contributed by atoms with Crippen molar-refractivity contribution in [3.8, 4) is 11.5 Å². The van der Waals surface area contributed by atoms with Crippen molar-refractivity contribution in [2.75, 3.05) is 33.9 Å². The number of nitrogens with zero attached hydrogens (tertiary/aromatic N) is 1. The Kier molecular flexibility index (Phi) is 6.03. The van der Waals surface area contributed by atoms with E-state index >= 15 is 0 Å². The molecule has 0 aromatic heterocycles. The van der Waals surface area contributed by atoms with Gasteiger partial charge in [-0.25, -0.2) is 4.79 Å². The molecule has 1 aromatic rings. The Hall–Kier alpha value is -2.28. The maximum absolute atomic E-state index is 12.3. The number of amides is 1. The number of ether oxygens (including phenoxy) is 4. The van der Waals surface area contributed by atoms with E-state index in [1.165, 1.54) is 20.3 Å². The van der Waals surface area contributed by atoms with E-state index in [4.69, 9.17) is 18.9 Å². The Morgan fingerprint density at radius 3 is 2.42 bits per heavy atom. The molecule has 0 aliphatic carbocycles. The number of carbonyl (C=O) groups is 2. The minimum atomic E-state index is -0.631. The standard InChI is InChI=1S/C17H23NO6/c1-11-8-18(9-12(2)24-11)16(19)10-23-17(20)14-7-13(21-3)5-6-15(14)22-4/h5-7,11-12H,8-10H2,1-4H3/t11-,12+. The molecule has 1 fully saturated rings. The number of hydrogen-bond donors (Lipinski definition) is 0. The molecule has 1 amide bonds. The number of hydrogen-bond acceptors (Lipinski definition) is 6. The molecule has 0 saturated carbocycles. The van der Waals surface area contributed by atoms with Gasteiger partial charge in [0, 0.05) is 13.1 Å². The third-order valence-electron chi connectivity index (χ3n) is 3.73. The van der Waals surface area contributed by atoms with Gasteiger partial charge < -0.3 is 23.8 Å². The first kappa shape index (κ1) is 18.1. The summed E-state index contributed by atoms with van der Waals surface area (Å²) in [5.74, 6) is -0.00700. The summed E-state index contributed by atoms with van der Waals surface area (Å²) in [7, 11) is 2.96. The van der Waals surface area contributed by atoms with Crippen LogP contribution in [0.15, 0.2) is 18.2 Å². The number of benzene rings is 1. The minimum absolute atomic E-state index is 0.0353. The Morgan fingerprint density at radius 2 is 1.83 bits per heavy atom. The van der Waals surface area contributed by atoms with Crippen LogP contribution in [0.5, 0.6) is 11.5 Å². The van der Waals surface area contributed by atoms with Crippen LogP contribution in [0.1, 0.15) is 24.2 Å². The summed E-state index contributed by atoms with van der Waals surface area (Å²) < 4.78 is 21.0. The molecule has 0 bridgehead atoms. The number of rotatable bonds is 5. The number of carbonyl (C=O) groups excluding carboxylic acids is 2. The maximum atomic E-state index is 12.3. The molecule has 7 nitrogen and oxygen atoms in total. The van der Waals surface area contributed by atoms with Crippen molar-refractivity contribution in [1.29, 1.82) is 0 Å². The summed E-state index contributed by atoms with van der Waals surface area (Å²) in [6, 6.07) is 4.81. The summed E-state index contributed by atoms with van der Waals surface area (Å²) in [5, 5.41) is 0. The normalized spacial score (nSPS) is 20.4. The van der Waals surface area contributed by atoms with Crippen LogP contribution in [0.3, 0.4) is 0 Å². The molecule has 0 unspecified atom stereocenters. The van der Waals surface area contributed by atoms with Crippen molar-refractivity contribution >= 4 is 11.9 Å². The maximum Gasteiger partial charge on any atom is 0.342 e. The zero-order chi connectivity index (χ0) is 17.7. The molecule has 1 aliphatic rings. The summed E-state index contributed by atoms with van der Waals surface area (Å²) in [5.41, 5.74) is 0.216. The summed E-state index contributed by atoms with van der Waals surface area (Å²) in [4.78, 5) is 26.1. The van der Waals surface area contributed by atoms with Crippen LogP contribution in [0.25, 0.3) is 0 Å². The summed E-state index contributed by atoms with van der Waals surface area (Å²) >= 11 is 0. The molecule has 24 heavy (non-hydrogen) atoms. The van der Waals surface area contributed by atoms with Crippen molar-refractivity contribution < 1.29 is 28.5 Å². The lowest BCUT2D eigenvalue weighted by molar-refractivity contribution is -0.146. The van der Waals surface area contributed by atoms with E-state index in [2.05, 4.69) is 0 Å². The van der Waals surface area contributed by atoms with Crippen LogP contribution in [0.4, 0.5) is 0 Å². The third kappa shape index (κ3) is 4.38. The molecule has 0 N–H and O–H groups in total. The first-order chi connectivity index (χ1) is 11.4. The van der Waals surface area contributed by atoms with Crippen molar-refractivity contribution in [2.45, 2.75) is 26.1 Å². The highest BCUT2D eigenvalue weighted by Gasteiger charge is 2.27. The fourth-order valence-corrected chi connectivity index (χ4v) is 2.65. The van der Waals surface area contributed by atoms with Crippen LogP contribution in [-0.4, -0.2) is 62.9 Å². The predicted octanol–water partition coefficient (Wildman–Crippen LogP) is 1.50. The van der Waals surface area contributed by atoms with Crippen LogP contribution >= 0.6 is 0 Å². The molecule has 7 heteroatoms. The Balaban J connectivity index is 1.99. The molecule has 2 atom stereocenters. The molecule has 1 heterocycles. The largest absolute Gasteiger partial charge is 0.497 e. The van der Waals surface area contributed by atoms with Gasteiger partial charge in [-0.2, -0.15) is 0 Å². The van der Waals surface area contributed by atoms with Crippen LogP contribution in [-0.2, 0) is 14.3 Å². The van der Waals surface area contributed by atoms with E-state index in [0.717, 1.165) is 0 Å². The van der Waals surface area contributed by atoms with Gasteiger partial charge in [0.05, 0.1) is 26.4 Å². The minimum Gasteiger partial charge on any atom is -0.497 e. The van der Waals surface area contributed by atoms with Gasteiger partial charge in [-0.05, 0) is 32.0 Å². The zero-order valence-electron chi connectivity index (χ0n) is 14.4. The second-order valence-corrected chi connectivity index (χ2v) is 5.70. The van der Waals surface area contributed by atoms with Gasteiger partial charge >= 0.3 is 5.97 Å². The smallest absolute Gasteiger partial charge is 0.342 e.